The molecule has 0 saturated carbocycles. The van der Waals surface area contributed by atoms with E-state index in [1.807, 2.05) is 24.4 Å². The minimum atomic E-state index is -0.660. The Morgan fingerprint density at radius 1 is 1.20 bits per heavy atom. The molecule has 0 aliphatic rings. The van der Waals surface area contributed by atoms with E-state index in [4.69, 9.17) is 0 Å². The van der Waals surface area contributed by atoms with E-state index in [9.17, 15) is 9.59 Å². The zero-order chi connectivity index (χ0) is 14.4. The van der Waals surface area contributed by atoms with Crippen molar-refractivity contribution in [2.75, 3.05) is 11.9 Å². The fourth-order valence-corrected chi connectivity index (χ4v) is 2.16. The van der Waals surface area contributed by atoms with Crippen LogP contribution < -0.4 is 10.6 Å². The van der Waals surface area contributed by atoms with Crippen LogP contribution in [0.4, 0.5) is 5.69 Å². The standard InChI is InChI=1S/C14H15N3O2S/c1-10-2-4-11(5-3-10)17-14(19)13(18)15-7-6-12-8-20-9-16-12/h2-5,8-9H,6-7H2,1H3,(H,15,18)(H,17,19). The second-order valence-electron chi connectivity index (χ2n) is 4.31. The summed E-state index contributed by atoms with van der Waals surface area (Å²) in [7, 11) is 0. The molecular weight excluding hydrogens is 274 g/mol. The average Bonchev–Trinajstić information content (AvgIpc) is 2.94. The summed E-state index contributed by atoms with van der Waals surface area (Å²) in [5, 5.41) is 7.03. The lowest BCUT2D eigenvalue weighted by atomic mass is 10.2. The van der Waals surface area contributed by atoms with E-state index in [1.165, 1.54) is 11.3 Å². The van der Waals surface area contributed by atoms with Gasteiger partial charge in [0.15, 0.2) is 0 Å². The molecule has 0 atom stereocenters. The molecule has 0 aliphatic heterocycles. The molecule has 0 fully saturated rings. The number of hydrogen-bond donors (Lipinski definition) is 2. The summed E-state index contributed by atoms with van der Waals surface area (Å²) in [5.41, 5.74) is 4.35. The highest BCUT2D eigenvalue weighted by molar-refractivity contribution is 7.07. The molecule has 2 N–H and O–H groups in total. The minimum Gasteiger partial charge on any atom is -0.347 e. The van der Waals surface area contributed by atoms with E-state index in [-0.39, 0.29) is 0 Å². The van der Waals surface area contributed by atoms with Gasteiger partial charge in [-0.2, -0.15) is 0 Å². The first-order valence-corrected chi connectivity index (χ1v) is 7.12. The molecule has 1 heterocycles. The van der Waals surface area contributed by atoms with Crippen LogP contribution in [0.2, 0.25) is 0 Å². The van der Waals surface area contributed by atoms with E-state index in [2.05, 4.69) is 15.6 Å². The fraction of sp³-hybridized carbons (Fsp3) is 0.214. The molecule has 2 aromatic rings. The number of hydrogen-bond acceptors (Lipinski definition) is 4. The van der Waals surface area contributed by atoms with Crippen LogP contribution in [0.1, 0.15) is 11.3 Å². The van der Waals surface area contributed by atoms with E-state index < -0.39 is 11.8 Å². The van der Waals surface area contributed by atoms with Crippen molar-refractivity contribution in [1.82, 2.24) is 10.3 Å². The van der Waals surface area contributed by atoms with Gasteiger partial charge in [-0.25, -0.2) is 4.98 Å². The summed E-state index contributed by atoms with van der Waals surface area (Å²) in [6.45, 7) is 2.35. The molecule has 6 heteroatoms. The van der Waals surface area contributed by atoms with Gasteiger partial charge in [0.25, 0.3) is 0 Å². The Bertz CT molecular complexity index is 579. The van der Waals surface area contributed by atoms with Gasteiger partial charge in [0.05, 0.1) is 11.2 Å². The topological polar surface area (TPSA) is 71.1 Å². The quantitative estimate of drug-likeness (QED) is 0.842. The van der Waals surface area contributed by atoms with Crippen molar-refractivity contribution >= 4 is 28.8 Å². The highest BCUT2D eigenvalue weighted by Crippen LogP contribution is 2.08. The SMILES string of the molecule is Cc1ccc(NC(=O)C(=O)NCCc2cscn2)cc1. The number of aryl methyl sites for hydroxylation is 1. The zero-order valence-corrected chi connectivity index (χ0v) is 11.9. The second-order valence-corrected chi connectivity index (χ2v) is 5.02. The first-order chi connectivity index (χ1) is 9.65. The summed E-state index contributed by atoms with van der Waals surface area (Å²) < 4.78 is 0. The Morgan fingerprint density at radius 2 is 1.95 bits per heavy atom. The van der Waals surface area contributed by atoms with Crippen molar-refractivity contribution < 1.29 is 9.59 Å². The van der Waals surface area contributed by atoms with Crippen LogP contribution in [-0.2, 0) is 16.0 Å². The van der Waals surface area contributed by atoms with Crippen molar-refractivity contribution in [2.24, 2.45) is 0 Å². The Hall–Kier alpha value is -2.21. The molecular formula is C14H15N3O2S. The second kappa shape index (κ2) is 6.81. The maximum atomic E-state index is 11.7. The molecule has 0 aliphatic carbocycles. The first-order valence-electron chi connectivity index (χ1n) is 6.18. The molecule has 0 spiro atoms. The van der Waals surface area contributed by atoms with Crippen LogP contribution in [0.15, 0.2) is 35.2 Å². The van der Waals surface area contributed by atoms with Crippen LogP contribution in [0.3, 0.4) is 0 Å². The number of carbonyl (C=O) groups is 2. The Kier molecular flexibility index (Phi) is 4.84. The highest BCUT2D eigenvalue weighted by atomic mass is 32.1. The number of nitrogens with zero attached hydrogens (tertiary/aromatic N) is 1. The van der Waals surface area contributed by atoms with Crippen LogP contribution >= 0.6 is 11.3 Å². The van der Waals surface area contributed by atoms with E-state index in [0.717, 1.165) is 11.3 Å². The van der Waals surface area contributed by atoms with Crippen molar-refractivity contribution in [1.29, 1.82) is 0 Å². The Balaban J connectivity index is 1.77. The first kappa shape index (κ1) is 14.2. The predicted molar refractivity (Wildman–Crippen MR) is 78.6 cm³/mol. The number of anilines is 1. The number of benzene rings is 1. The van der Waals surface area contributed by atoms with Gasteiger partial charge < -0.3 is 10.6 Å². The molecule has 1 aromatic carbocycles. The molecule has 0 unspecified atom stereocenters. The smallest absolute Gasteiger partial charge is 0.313 e. The minimum absolute atomic E-state index is 0.393. The van der Waals surface area contributed by atoms with Crippen molar-refractivity contribution in [3.63, 3.8) is 0 Å². The normalized spacial score (nSPS) is 10.1. The lowest BCUT2D eigenvalue weighted by Gasteiger charge is -2.06. The third-order valence-electron chi connectivity index (χ3n) is 2.67. The van der Waals surface area contributed by atoms with E-state index in [1.54, 1.807) is 17.6 Å². The summed E-state index contributed by atoms with van der Waals surface area (Å²) in [6, 6.07) is 7.26. The van der Waals surface area contributed by atoms with Gasteiger partial charge in [0, 0.05) is 24.0 Å². The van der Waals surface area contributed by atoms with E-state index in [0.29, 0.717) is 18.7 Å². The fourth-order valence-electron chi connectivity index (χ4n) is 1.57. The summed E-state index contributed by atoms with van der Waals surface area (Å²) in [6.07, 6.45) is 0.618. The third kappa shape index (κ3) is 4.17. The molecule has 0 radical (unpaired) electrons. The molecule has 2 rings (SSSR count). The van der Waals surface area contributed by atoms with E-state index >= 15 is 0 Å². The Labute approximate surface area is 121 Å². The largest absolute Gasteiger partial charge is 0.347 e. The number of rotatable bonds is 4. The van der Waals surface area contributed by atoms with Gasteiger partial charge in [-0.1, -0.05) is 17.7 Å². The maximum absolute atomic E-state index is 11.7. The molecule has 0 bridgehead atoms. The van der Waals surface area contributed by atoms with Gasteiger partial charge in [0.1, 0.15) is 0 Å². The van der Waals surface area contributed by atoms with Crippen LogP contribution in [0.5, 0.6) is 0 Å². The Morgan fingerprint density at radius 3 is 2.60 bits per heavy atom. The molecule has 0 saturated heterocycles. The van der Waals surface area contributed by atoms with Gasteiger partial charge in [-0.3, -0.25) is 9.59 Å². The summed E-state index contributed by atoms with van der Waals surface area (Å²) in [5.74, 6) is -1.30. The van der Waals surface area contributed by atoms with Gasteiger partial charge in [-0.05, 0) is 19.1 Å². The lowest BCUT2D eigenvalue weighted by molar-refractivity contribution is -0.136. The zero-order valence-electron chi connectivity index (χ0n) is 11.1. The van der Waals surface area contributed by atoms with Crippen molar-refractivity contribution in [3.05, 3.63) is 46.4 Å². The molecule has 5 nitrogen and oxygen atoms in total. The molecule has 104 valence electrons. The maximum Gasteiger partial charge on any atom is 0.313 e. The number of aromatic nitrogens is 1. The highest BCUT2D eigenvalue weighted by Gasteiger charge is 2.12. The van der Waals surface area contributed by atoms with Crippen molar-refractivity contribution in [3.8, 4) is 0 Å². The van der Waals surface area contributed by atoms with Gasteiger partial charge in [-0.15, -0.1) is 11.3 Å². The molecule has 2 amide bonds. The number of carbonyl (C=O) groups excluding carboxylic acids is 2. The van der Waals surface area contributed by atoms with Crippen LogP contribution in [0.25, 0.3) is 0 Å². The number of thiazole rings is 1. The van der Waals surface area contributed by atoms with Crippen molar-refractivity contribution in [2.45, 2.75) is 13.3 Å². The lowest BCUT2D eigenvalue weighted by Crippen LogP contribution is -2.36. The monoisotopic (exact) mass is 289 g/mol. The summed E-state index contributed by atoms with van der Waals surface area (Å²) in [4.78, 5) is 27.4. The predicted octanol–water partition coefficient (Wildman–Crippen LogP) is 1.75. The average molecular weight is 289 g/mol. The van der Waals surface area contributed by atoms with Gasteiger partial charge >= 0.3 is 11.8 Å². The van der Waals surface area contributed by atoms with Gasteiger partial charge in [0.2, 0.25) is 0 Å². The number of amides is 2. The molecule has 20 heavy (non-hydrogen) atoms. The molecule has 1 aromatic heterocycles. The van der Waals surface area contributed by atoms with Crippen LogP contribution in [-0.4, -0.2) is 23.3 Å². The number of nitrogens with one attached hydrogen (secondary N) is 2. The summed E-state index contributed by atoms with van der Waals surface area (Å²) >= 11 is 1.50. The van der Waals surface area contributed by atoms with Crippen LogP contribution in [0, 0.1) is 6.92 Å². The third-order valence-corrected chi connectivity index (χ3v) is 3.30.